The van der Waals surface area contributed by atoms with E-state index >= 15 is 0 Å². The van der Waals surface area contributed by atoms with Gasteiger partial charge in [0.05, 0.1) is 19.3 Å². The minimum Gasteiger partial charge on any atom is -0.480 e. The summed E-state index contributed by atoms with van der Waals surface area (Å²) in [6.45, 7) is 11.3. The molecule has 1 N–H and O–H groups in total. The van der Waals surface area contributed by atoms with Gasteiger partial charge in [-0.2, -0.15) is 0 Å². The summed E-state index contributed by atoms with van der Waals surface area (Å²) in [5.74, 6) is -0.787. The van der Waals surface area contributed by atoms with Gasteiger partial charge in [-0.05, 0) is 31.8 Å². The van der Waals surface area contributed by atoms with Crippen molar-refractivity contribution in [3.05, 3.63) is 0 Å². The van der Waals surface area contributed by atoms with Gasteiger partial charge in [-0.1, -0.05) is 20.8 Å². The van der Waals surface area contributed by atoms with E-state index in [4.69, 9.17) is 9.84 Å². The van der Waals surface area contributed by atoms with Crippen LogP contribution >= 0.6 is 0 Å². The van der Waals surface area contributed by atoms with Crippen molar-refractivity contribution < 1.29 is 14.6 Å². The second kappa shape index (κ2) is 7.96. The van der Waals surface area contributed by atoms with Gasteiger partial charge in [0.2, 0.25) is 0 Å². The van der Waals surface area contributed by atoms with Gasteiger partial charge in [-0.25, -0.2) is 0 Å². The van der Waals surface area contributed by atoms with Crippen molar-refractivity contribution >= 4 is 5.97 Å². The second-order valence-electron chi connectivity index (χ2n) is 7.05. The maximum atomic E-state index is 10.7. The van der Waals surface area contributed by atoms with Gasteiger partial charge in [0, 0.05) is 19.6 Å². The fraction of sp³-hybridized carbons (Fsp3) is 0.933. The fourth-order valence-electron chi connectivity index (χ4n) is 2.57. The topological polar surface area (TPSA) is 53.0 Å². The van der Waals surface area contributed by atoms with Gasteiger partial charge < -0.3 is 9.84 Å². The standard InChI is InChI=1S/C15H30N2O3/c1-15(2,3)6-5-7-17-8-9-20-13(11-17)10-16(4)12-14(18)19/h13H,5-12H2,1-4H3,(H,18,19). The molecule has 0 radical (unpaired) electrons. The number of carboxylic acid groups (broad SMARTS) is 1. The normalized spacial score (nSPS) is 21.4. The zero-order valence-corrected chi connectivity index (χ0v) is 13.4. The summed E-state index contributed by atoms with van der Waals surface area (Å²) in [6, 6.07) is 0. The van der Waals surface area contributed by atoms with Crippen molar-refractivity contribution in [3.8, 4) is 0 Å². The van der Waals surface area contributed by atoms with Crippen LogP contribution in [-0.2, 0) is 9.53 Å². The SMILES string of the molecule is CN(CC(=O)O)CC1CN(CCCC(C)(C)C)CCO1. The third-order valence-corrected chi connectivity index (χ3v) is 3.54. The zero-order chi connectivity index (χ0) is 15.2. The van der Waals surface area contributed by atoms with Gasteiger partial charge in [0.15, 0.2) is 0 Å². The molecular formula is C15H30N2O3. The largest absolute Gasteiger partial charge is 0.480 e. The minimum atomic E-state index is -0.787. The molecule has 1 aliphatic rings. The molecule has 0 aromatic carbocycles. The Morgan fingerprint density at radius 1 is 1.45 bits per heavy atom. The molecule has 20 heavy (non-hydrogen) atoms. The molecule has 118 valence electrons. The molecule has 0 aromatic heterocycles. The highest BCUT2D eigenvalue weighted by atomic mass is 16.5. The van der Waals surface area contributed by atoms with E-state index in [2.05, 4.69) is 25.7 Å². The van der Waals surface area contributed by atoms with E-state index in [-0.39, 0.29) is 12.6 Å². The van der Waals surface area contributed by atoms with E-state index in [0.717, 1.165) is 26.2 Å². The van der Waals surface area contributed by atoms with Crippen molar-refractivity contribution in [1.82, 2.24) is 9.80 Å². The predicted octanol–water partition coefficient (Wildman–Crippen LogP) is 1.53. The molecule has 5 heteroatoms. The zero-order valence-electron chi connectivity index (χ0n) is 13.4. The minimum absolute atomic E-state index is 0.0733. The third kappa shape index (κ3) is 7.82. The maximum absolute atomic E-state index is 10.7. The third-order valence-electron chi connectivity index (χ3n) is 3.54. The van der Waals surface area contributed by atoms with E-state index < -0.39 is 5.97 Å². The number of rotatable bonds is 7. The molecule has 1 unspecified atom stereocenters. The lowest BCUT2D eigenvalue weighted by Crippen LogP contribution is -2.47. The number of carboxylic acids is 1. The monoisotopic (exact) mass is 286 g/mol. The molecule has 1 rings (SSSR count). The lowest BCUT2D eigenvalue weighted by molar-refractivity contribution is -0.138. The van der Waals surface area contributed by atoms with Crippen molar-refractivity contribution in [2.75, 3.05) is 46.4 Å². The summed E-state index contributed by atoms with van der Waals surface area (Å²) in [5.41, 5.74) is 0.396. The second-order valence-corrected chi connectivity index (χ2v) is 7.05. The summed E-state index contributed by atoms with van der Waals surface area (Å²) in [5, 5.41) is 8.76. The van der Waals surface area contributed by atoms with Crippen LogP contribution in [0.2, 0.25) is 0 Å². The number of aliphatic carboxylic acids is 1. The fourth-order valence-corrected chi connectivity index (χ4v) is 2.57. The number of hydrogen-bond donors (Lipinski definition) is 1. The van der Waals surface area contributed by atoms with Crippen LogP contribution in [0.1, 0.15) is 33.6 Å². The Bertz CT molecular complexity index is 302. The van der Waals surface area contributed by atoms with Gasteiger partial charge >= 0.3 is 5.97 Å². The van der Waals surface area contributed by atoms with Crippen LogP contribution < -0.4 is 0 Å². The molecule has 5 nitrogen and oxygen atoms in total. The van der Waals surface area contributed by atoms with Crippen LogP contribution in [0.15, 0.2) is 0 Å². The summed E-state index contributed by atoms with van der Waals surface area (Å²) in [4.78, 5) is 14.9. The molecule has 0 aromatic rings. The van der Waals surface area contributed by atoms with Crippen LogP contribution in [0.25, 0.3) is 0 Å². The Hall–Kier alpha value is -0.650. The smallest absolute Gasteiger partial charge is 0.317 e. The molecule has 0 amide bonds. The molecular weight excluding hydrogens is 256 g/mol. The van der Waals surface area contributed by atoms with Gasteiger partial charge in [0.1, 0.15) is 0 Å². The highest BCUT2D eigenvalue weighted by Crippen LogP contribution is 2.21. The number of nitrogens with zero attached hydrogens (tertiary/aromatic N) is 2. The average molecular weight is 286 g/mol. The molecule has 1 fully saturated rings. The Morgan fingerprint density at radius 3 is 2.75 bits per heavy atom. The van der Waals surface area contributed by atoms with Crippen molar-refractivity contribution in [1.29, 1.82) is 0 Å². The van der Waals surface area contributed by atoms with Crippen LogP contribution in [-0.4, -0.2) is 73.4 Å². The first-order valence-corrected chi connectivity index (χ1v) is 7.50. The van der Waals surface area contributed by atoms with E-state index in [9.17, 15) is 4.79 Å². The van der Waals surface area contributed by atoms with Crippen molar-refractivity contribution in [2.45, 2.75) is 39.7 Å². The summed E-state index contributed by atoms with van der Waals surface area (Å²) < 4.78 is 5.73. The molecule has 1 aliphatic heterocycles. The number of hydrogen-bond acceptors (Lipinski definition) is 4. The van der Waals surface area contributed by atoms with Crippen molar-refractivity contribution in [2.24, 2.45) is 5.41 Å². The highest BCUT2D eigenvalue weighted by Gasteiger charge is 2.22. The summed E-state index contributed by atoms with van der Waals surface area (Å²) in [7, 11) is 1.83. The Balaban J connectivity index is 2.26. The molecule has 0 saturated carbocycles. The predicted molar refractivity (Wildman–Crippen MR) is 80.0 cm³/mol. The Kier molecular flexibility index (Phi) is 6.92. The van der Waals surface area contributed by atoms with E-state index in [0.29, 0.717) is 12.0 Å². The van der Waals surface area contributed by atoms with Gasteiger partial charge in [-0.15, -0.1) is 0 Å². The van der Waals surface area contributed by atoms with Gasteiger partial charge in [-0.3, -0.25) is 14.6 Å². The molecule has 0 aliphatic carbocycles. The van der Waals surface area contributed by atoms with Crippen LogP contribution in [0.4, 0.5) is 0 Å². The first-order valence-electron chi connectivity index (χ1n) is 7.50. The first kappa shape index (κ1) is 17.4. The van der Waals surface area contributed by atoms with Crippen LogP contribution in [0.5, 0.6) is 0 Å². The van der Waals surface area contributed by atoms with Crippen LogP contribution in [0, 0.1) is 5.41 Å². The number of ether oxygens (including phenoxy) is 1. The quantitative estimate of drug-likeness (QED) is 0.769. The highest BCUT2D eigenvalue weighted by molar-refractivity contribution is 5.68. The summed E-state index contributed by atoms with van der Waals surface area (Å²) in [6.07, 6.45) is 2.57. The molecule has 0 spiro atoms. The van der Waals surface area contributed by atoms with Crippen LogP contribution in [0.3, 0.4) is 0 Å². The molecule has 1 heterocycles. The van der Waals surface area contributed by atoms with Crippen molar-refractivity contribution in [3.63, 3.8) is 0 Å². The van der Waals surface area contributed by atoms with E-state index in [1.54, 1.807) is 0 Å². The first-order chi connectivity index (χ1) is 9.26. The maximum Gasteiger partial charge on any atom is 0.317 e. The Labute approximate surface area is 122 Å². The van der Waals surface area contributed by atoms with E-state index in [1.165, 1.54) is 12.8 Å². The summed E-state index contributed by atoms with van der Waals surface area (Å²) >= 11 is 0. The lowest BCUT2D eigenvalue weighted by atomic mass is 9.90. The molecule has 0 bridgehead atoms. The number of carbonyl (C=O) groups is 1. The van der Waals surface area contributed by atoms with E-state index in [1.807, 2.05) is 11.9 Å². The number of likely N-dealkylation sites (N-methyl/N-ethyl adjacent to an activating group) is 1. The average Bonchev–Trinajstić information content (AvgIpc) is 2.26. The number of morpholine rings is 1. The Morgan fingerprint density at radius 2 is 2.15 bits per heavy atom. The van der Waals surface area contributed by atoms with Gasteiger partial charge in [0.25, 0.3) is 0 Å². The lowest BCUT2D eigenvalue weighted by Gasteiger charge is -2.35. The molecule has 1 atom stereocenters. The molecule has 1 saturated heterocycles.